The molecule has 0 aliphatic heterocycles. The molecule has 0 aliphatic rings. The Morgan fingerprint density at radius 2 is 1.62 bits per heavy atom. The van der Waals surface area contributed by atoms with Gasteiger partial charge in [-0.3, -0.25) is 0 Å². The van der Waals surface area contributed by atoms with Crippen LogP contribution in [0.1, 0.15) is 17.2 Å². The van der Waals surface area contributed by atoms with Crippen LogP contribution in [0.15, 0.2) is 67.0 Å². The normalized spacial score (nSPS) is 12.3. The number of aryl methyl sites for hydroxylation is 1. The minimum atomic E-state index is -0.641. The highest BCUT2D eigenvalue weighted by Crippen LogP contribution is 2.33. The van der Waals surface area contributed by atoms with Gasteiger partial charge in [0.2, 0.25) is 0 Å². The Hall–Kier alpha value is -2.03. The van der Waals surface area contributed by atoms with Gasteiger partial charge in [0.25, 0.3) is 0 Å². The molecule has 3 rings (SSSR count). The van der Waals surface area contributed by atoms with Gasteiger partial charge in [0, 0.05) is 35.6 Å². The van der Waals surface area contributed by atoms with Crippen molar-refractivity contribution in [1.29, 1.82) is 0 Å². The van der Waals surface area contributed by atoms with Gasteiger partial charge in [-0.25, -0.2) is 0 Å². The SMILES string of the molecule is Cn1cc(-c2ccc(Cl)cc2)c(C(O)c2ccccc2)c1. The predicted molar refractivity (Wildman–Crippen MR) is 86.4 cm³/mol. The summed E-state index contributed by atoms with van der Waals surface area (Å²) in [6, 6.07) is 17.4. The fourth-order valence-electron chi connectivity index (χ4n) is 2.51. The van der Waals surface area contributed by atoms with E-state index in [2.05, 4.69) is 0 Å². The molecule has 0 saturated carbocycles. The van der Waals surface area contributed by atoms with Crippen molar-refractivity contribution in [1.82, 2.24) is 4.57 Å². The highest BCUT2D eigenvalue weighted by atomic mass is 35.5. The van der Waals surface area contributed by atoms with Gasteiger partial charge in [-0.15, -0.1) is 0 Å². The highest BCUT2D eigenvalue weighted by Gasteiger charge is 2.17. The maximum absolute atomic E-state index is 10.7. The maximum Gasteiger partial charge on any atom is 0.106 e. The molecule has 0 aliphatic carbocycles. The summed E-state index contributed by atoms with van der Waals surface area (Å²) in [5.41, 5.74) is 3.85. The number of aliphatic hydroxyl groups excluding tert-OH is 1. The van der Waals surface area contributed by atoms with Crippen LogP contribution in [0.4, 0.5) is 0 Å². The Morgan fingerprint density at radius 1 is 0.952 bits per heavy atom. The smallest absolute Gasteiger partial charge is 0.106 e. The van der Waals surface area contributed by atoms with Crippen LogP contribution in [0.5, 0.6) is 0 Å². The van der Waals surface area contributed by atoms with E-state index in [1.807, 2.05) is 78.6 Å². The quantitative estimate of drug-likeness (QED) is 0.760. The van der Waals surface area contributed by atoms with Gasteiger partial charge in [0.1, 0.15) is 6.10 Å². The van der Waals surface area contributed by atoms with Gasteiger partial charge in [-0.2, -0.15) is 0 Å². The average Bonchev–Trinajstić information content (AvgIpc) is 2.90. The second-order valence-electron chi connectivity index (χ2n) is 5.11. The lowest BCUT2D eigenvalue weighted by Crippen LogP contribution is -1.99. The Kier molecular flexibility index (Phi) is 3.82. The van der Waals surface area contributed by atoms with Crippen LogP contribution in [0.2, 0.25) is 5.02 Å². The molecule has 0 bridgehead atoms. The largest absolute Gasteiger partial charge is 0.384 e. The number of aliphatic hydroxyl groups is 1. The Labute approximate surface area is 129 Å². The molecule has 3 heteroatoms. The van der Waals surface area contributed by atoms with E-state index in [1.165, 1.54) is 0 Å². The van der Waals surface area contributed by atoms with E-state index in [0.29, 0.717) is 5.02 Å². The summed E-state index contributed by atoms with van der Waals surface area (Å²) >= 11 is 5.95. The van der Waals surface area contributed by atoms with Crippen LogP contribution < -0.4 is 0 Å². The molecular formula is C18H16ClNO. The molecule has 0 saturated heterocycles. The van der Waals surface area contributed by atoms with Gasteiger partial charge in [0.05, 0.1) is 0 Å². The van der Waals surface area contributed by atoms with E-state index < -0.39 is 6.10 Å². The van der Waals surface area contributed by atoms with Crippen molar-refractivity contribution in [2.45, 2.75) is 6.10 Å². The molecule has 1 heterocycles. The first-order valence-electron chi connectivity index (χ1n) is 6.80. The zero-order valence-corrected chi connectivity index (χ0v) is 12.5. The highest BCUT2D eigenvalue weighted by molar-refractivity contribution is 6.30. The molecule has 3 aromatic rings. The summed E-state index contributed by atoms with van der Waals surface area (Å²) in [5, 5.41) is 11.4. The van der Waals surface area contributed by atoms with Crippen molar-refractivity contribution in [2.75, 3.05) is 0 Å². The lowest BCUT2D eigenvalue weighted by atomic mass is 9.97. The second-order valence-corrected chi connectivity index (χ2v) is 5.55. The molecule has 1 atom stereocenters. The van der Waals surface area contributed by atoms with E-state index in [0.717, 1.165) is 22.3 Å². The number of benzene rings is 2. The molecule has 21 heavy (non-hydrogen) atoms. The summed E-state index contributed by atoms with van der Waals surface area (Å²) in [5.74, 6) is 0. The summed E-state index contributed by atoms with van der Waals surface area (Å²) in [6.07, 6.45) is 3.34. The first-order valence-corrected chi connectivity index (χ1v) is 7.18. The fourth-order valence-corrected chi connectivity index (χ4v) is 2.63. The third-order valence-electron chi connectivity index (χ3n) is 3.55. The van der Waals surface area contributed by atoms with Crippen LogP contribution in [-0.4, -0.2) is 9.67 Å². The van der Waals surface area contributed by atoms with Crippen molar-refractivity contribution in [3.05, 3.63) is 83.1 Å². The van der Waals surface area contributed by atoms with Gasteiger partial charge >= 0.3 is 0 Å². The molecule has 0 amide bonds. The lowest BCUT2D eigenvalue weighted by Gasteiger charge is -2.12. The monoisotopic (exact) mass is 297 g/mol. The van der Waals surface area contributed by atoms with E-state index >= 15 is 0 Å². The number of hydrogen-bond acceptors (Lipinski definition) is 1. The average molecular weight is 298 g/mol. The topological polar surface area (TPSA) is 25.2 Å². The summed E-state index contributed by atoms with van der Waals surface area (Å²) in [4.78, 5) is 0. The Morgan fingerprint density at radius 3 is 2.29 bits per heavy atom. The van der Waals surface area contributed by atoms with Crippen molar-refractivity contribution >= 4 is 11.6 Å². The van der Waals surface area contributed by atoms with Gasteiger partial charge < -0.3 is 9.67 Å². The molecule has 0 radical (unpaired) electrons. The van der Waals surface area contributed by atoms with Crippen molar-refractivity contribution in [3.8, 4) is 11.1 Å². The van der Waals surface area contributed by atoms with Crippen LogP contribution in [0, 0.1) is 0 Å². The van der Waals surface area contributed by atoms with Crippen LogP contribution >= 0.6 is 11.6 Å². The summed E-state index contributed by atoms with van der Waals surface area (Å²) < 4.78 is 1.96. The third kappa shape index (κ3) is 2.87. The number of rotatable bonds is 3. The van der Waals surface area contributed by atoms with E-state index in [-0.39, 0.29) is 0 Å². The minimum Gasteiger partial charge on any atom is -0.384 e. The molecule has 0 fully saturated rings. The van der Waals surface area contributed by atoms with E-state index in [1.54, 1.807) is 0 Å². The zero-order chi connectivity index (χ0) is 14.8. The number of aromatic nitrogens is 1. The zero-order valence-electron chi connectivity index (χ0n) is 11.7. The predicted octanol–water partition coefficient (Wildman–Crippen LogP) is 4.43. The van der Waals surface area contributed by atoms with E-state index in [9.17, 15) is 5.11 Å². The summed E-state index contributed by atoms with van der Waals surface area (Å²) in [6.45, 7) is 0. The molecule has 106 valence electrons. The summed E-state index contributed by atoms with van der Waals surface area (Å²) in [7, 11) is 1.96. The van der Waals surface area contributed by atoms with E-state index in [4.69, 9.17) is 11.6 Å². The first kappa shape index (κ1) is 13.9. The molecule has 1 N–H and O–H groups in total. The van der Waals surface area contributed by atoms with Crippen LogP contribution in [0.25, 0.3) is 11.1 Å². The lowest BCUT2D eigenvalue weighted by molar-refractivity contribution is 0.221. The molecule has 1 unspecified atom stereocenters. The van der Waals surface area contributed by atoms with Gasteiger partial charge in [-0.05, 0) is 23.3 Å². The third-order valence-corrected chi connectivity index (χ3v) is 3.80. The number of nitrogens with zero attached hydrogens (tertiary/aromatic N) is 1. The van der Waals surface area contributed by atoms with Crippen LogP contribution in [0.3, 0.4) is 0 Å². The van der Waals surface area contributed by atoms with Gasteiger partial charge in [-0.1, -0.05) is 54.1 Å². The molecule has 2 nitrogen and oxygen atoms in total. The minimum absolute atomic E-state index is 0.641. The molecular weight excluding hydrogens is 282 g/mol. The van der Waals surface area contributed by atoms with Crippen molar-refractivity contribution in [3.63, 3.8) is 0 Å². The van der Waals surface area contributed by atoms with Crippen molar-refractivity contribution in [2.24, 2.45) is 7.05 Å². The Balaban J connectivity index is 2.05. The van der Waals surface area contributed by atoms with Crippen LogP contribution in [-0.2, 0) is 7.05 Å². The Bertz CT molecular complexity index is 732. The van der Waals surface area contributed by atoms with Crippen molar-refractivity contribution < 1.29 is 5.11 Å². The molecule has 2 aromatic carbocycles. The number of halogens is 1. The second kappa shape index (κ2) is 5.76. The van der Waals surface area contributed by atoms with Gasteiger partial charge in [0.15, 0.2) is 0 Å². The number of hydrogen-bond donors (Lipinski definition) is 1. The molecule has 0 spiro atoms. The standard InChI is InChI=1S/C18H16ClNO/c1-20-11-16(13-7-9-15(19)10-8-13)17(12-20)18(21)14-5-3-2-4-6-14/h2-12,18,21H,1H3. The maximum atomic E-state index is 10.7. The molecule has 1 aromatic heterocycles. The first-order chi connectivity index (χ1) is 10.1. The fraction of sp³-hybridized carbons (Fsp3) is 0.111.